The summed E-state index contributed by atoms with van der Waals surface area (Å²) in [6.07, 6.45) is 11.9. The average molecular weight is 611 g/mol. The molecule has 0 saturated heterocycles. The molecule has 242 valence electrons. The van der Waals surface area contributed by atoms with E-state index in [-0.39, 0.29) is 46.8 Å². The smallest absolute Gasteiger partial charge is 0.273 e. The maximum absolute atomic E-state index is 12.5. The third-order valence-corrected chi connectivity index (χ3v) is 7.60. The van der Waals surface area contributed by atoms with E-state index in [1.165, 1.54) is 12.1 Å². The van der Waals surface area contributed by atoms with E-state index in [4.69, 9.17) is 0 Å². The monoisotopic (exact) mass is 610 g/mol. The van der Waals surface area contributed by atoms with E-state index < -0.39 is 11.8 Å². The van der Waals surface area contributed by atoms with Gasteiger partial charge in [0.15, 0.2) is 0 Å². The lowest BCUT2D eigenvalue weighted by Crippen LogP contribution is -2.44. The first-order chi connectivity index (χ1) is 21.2. The van der Waals surface area contributed by atoms with Crippen molar-refractivity contribution in [3.05, 3.63) is 58.7 Å². The van der Waals surface area contributed by atoms with Crippen LogP contribution in [-0.2, 0) is 22.4 Å². The predicted molar refractivity (Wildman–Crippen MR) is 171 cm³/mol. The number of hydrogen-bond acceptors (Lipinski definition) is 6. The van der Waals surface area contributed by atoms with E-state index in [1.54, 1.807) is 24.3 Å². The molecule has 1 unspecified atom stereocenters. The van der Waals surface area contributed by atoms with Crippen LogP contribution in [0.4, 0.5) is 0 Å². The molecule has 0 saturated carbocycles. The van der Waals surface area contributed by atoms with E-state index >= 15 is 0 Å². The van der Waals surface area contributed by atoms with Gasteiger partial charge in [0.1, 0.15) is 11.5 Å². The van der Waals surface area contributed by atoms with Crippen LogP contribution >= 0.6 is 0 Å². The molecule has 1 atom stereocenters. The van der Waals surface area contributed by atoms with Crippen LogP contribution in [0.2, 0.25) is 0 Å². The minimum absolute atomic E-state index is 0.126. The van der Waals surface area contributed by atoms with Crippen LogP contribution in [0.3, 0.4) is 0 Å². The molecule has 0 aromatic heterocycles. The van der Waals surface area contributed by atoms with Gasteiger partial charge in [-0.25, -0.2) is 0 Å². The number of benzene rings is 2. The lowest BCUT2D eigenvalue weighted by molar-refractivity contribution is -0.125. The SMILES string of the molecule is CCCCc1ccc(O)c(C(=O)NNC(=O)CCCCCCCCC(C)C(=O)NNC(=O)c2cc(CCCC)ccc2O)c1. The van der Waals surface area contributed by atoms with Crippen molar-refractivity contribution in [2.45, 2.75) is 111 Å². The first-order valence-electron chi connectivity index (χ1n) is 16.0. The summed E-state index contributed by atoms with van der Waals surface area (Å²) < 4.78 is 0. The Bertz CT molecular complexity index is 1230. The van der Waals surface area contributed by atoms with Gasteiger partial charge in [-0.1, -0.05) is 77.8 Å². The van der Waals surface area contributed by atoms with Gasteiger partial charge < -0.3 is 10.2 Å². The molecule has 6 N–H and O–H groups in total. The molecule has 2 aromatic rings. The maximum atomic E-state index is 12.5. The van der Waals surface area contributed by atoms with Gasteiger partial charge in [0.05, 0.1) is 11.1 Å². The third kappa shape index (κ3) is 13.1. The Morgan fingerprint density at radius 2 is 1.11 bits per heavy atom. The highest BCUT2D eigenvalue weighted by Crippen LogP contribution is 2.21. The summed E-state index contributed by atoms with van der Waals surface area (Å²) in [5.41, 5.74) is 11.9. The zero-order valence-corrected chi connectivity index (χ0v) is 26.5. The maximum Gasteiger partial charge on any atom is 0.273 e. The number of amides is 4. The average Bonchev–Trinajstić information content (AvgIpc) is 3.02. The van der Waals surface area contributed by atoms with Crippen molar-refractivity contribution in [2.75, 3.05) is 0 Å². The van der Waals surface area contributed by atoms with Gasteiger partial charge in [0.25, 0.3) is 11.8 Å². The molecule has 44 heavy (non-hydrogen) atoms. The van der Waals surface area contributed by atoms with Crippen molar-refractivity contribution < 1.29 is 29.4 Å². The molecular weight excluding hydrogens is 560 g/mol. The molecule has 0 radical (unpaired) electrons. The predicted octanol–water partition coefficient (Wildman–Crippen LogP) is 5.76. The Kier molecular flexibility index (Phi) is 16.4. The highest BCUT2D eigenvalue weighted by molar-refractivity contribution is 5.98. The lowest BCUT2D eigenvalue weighted by atomic mass is 10.0. The van der Waals surface area contributed by atoms with E-state index in [1.807, 2.05) is 6.92 Å². The highest BCUT2D eigenvalue weighted by atomic mass is 16.3. The Balaban J connectivity index is 1.56. The number of unbranched alkanes of at least 4 members (excludes halogenated alkanes) is 7. The van der Waals surface area contributed by atoms with Gasteiger partial charge in [-0.05, 0) is 73.9 Å². The van der Waals surface area contributed by atoms with E-state index in [0.29, 0.717) is 12.8 Å². The molecule has 0 aliphatic rings. The summed E-state index contributed by atoms with van der Waals surface area (Å²) in [6, 6.07) is 9.90. The zero-order chi connectivity index (χ0) is 32.3. The Morgan fingerprint density at radius 3 is 1.64 bits per heavy atom. The van der Waals surface area contributed by atoms with E-state index in [2.05, 4.69) is 35.6 Å². The first-order valence-corrected chi connectivity index (χ1v) is 16.0. The van der Waals surface area contributed by atoms with Crippen LogP contribution in [-0.4, -0.2) is 33.8 Å². The largest absolute Gasteiger partial charge is 0.507 e. The summed E-state index contributed by atoms with van der Waals surface area (Å²) in [7, 11) is 0. The third-order valence-electron chi connectivity index (χ3n) is 7.60. The lowest BCUT2D eigenvalue weighted by Gasteiger charge is -2.14. The number of hydrazine groups is 2. The standard InChI is InChI=1S/C34H50N4O6/c1-4-6-15-25-18-20-29(39)27(22-25)33(43)37-35-31(41)17-13-11-9-8-10-12-14-24(3)32(42)36-38-34(44)28-23-26(16-7-5-2)19-21-30(28)40/h18-24,39-40H,4-17H2,1-3H3,(H,35,41)(H,36,42)(H,37,43)(H,38,44). The number of hydrogen-bond donors (Lipinski definition) is 6. The van der Waals surface area contributed by atoms with Crippen molar-refractivity contribution in [3.8, 4) is 11.5 Å². The van der Waals surface area contributed by atoms with Crippen molar-refractivity contribution >= 4 is 23.6 Å². The Labute approximate surface area is 261 Å². The topological polar surface area (TPSA) is 157 Å². The number of aryl methyl sites for hydroxylation is 2. The van der Waals surface area contributed by atoms with Crippen LogP contribution in [0.25, 0.3) is 0 Å². The van der Waals surface area contributed by atoms with E-state index in [0.717, 1.165) is 81.8 Å². The second-order valence-electron chi connectivity index (χ2n) is 11.4. The first kappa shape index (κ1) is 36.1. The number of phenols is 2. The fraction of sp³-hybridized carbons (Fsp3) is 0.529. The fourth-order valence-corrected chi connectivity index (χ4v) is 4.74. The Morgan fingerprint density at radius 1 is 0.636 bits per heavy atom. The van der Waals surface area contributed by atoms with Gasteiger partial charge >= 0.3 is 0 Å². The second-order valence-corrected chi connectivity index (χ2v) is 11.4. The second kappa shape index (κ2) is 20.0. The minimum atomic E-state index is -0.552. The summed E-state index contributed by atoms with van der Waals surface area (Å²) >= 11 is 0. The van der Waals surface area contributed by atoms with E-state index in [9.17, 15) is 29.4 Å². The van der Waals surface area contributed by atoms with Crippen LogP contribution in [0.5, 0.6) is 11.5 Å². The summed E-state index contributed by atoms with van der Waals surface area (Å²) in [5, 5.41) is 20.1. The molecule has 0 heterocycles. The van der Waals surface area contributed by atoms with Crippen molar-refractivity contribution in [1.82, 2.24) is 21.7 Å². The van der Waals surface area contributed by atoms with Crippen LogP contribution < -0.4 is 21.7 Å². The number of nitrogens with one attached hydrogen (secondary N) is 4. The van der Waals surface area contributed by atoms with Gasteiger partial charge in [-0.15, -0.1) is 0 Å². The molecule has 10 nitrogen and oxygen atoms in total. The summed E-state index contributed by atoms with van der Waals surface area (Å²) in [6.45, 7) is 5.99. The molecule has 4 amide bonds. The molecule has 2 aromatic carbocycles. The number of aromatic hydroxyl groups is 2. The normalized spacial score (nSPS) is 11.4. The van der Waals surface area contributed by atoms with Crippen LogP contribution in [0.1, 0.15) is 130 Å². The zero-order valence-electron chi connectivity index (χ0n) is 26.5. The molecule has 2 rings (SSSR count). The van der Waals surface area contributed by atoms with Crippen LogP contribution in [0.15, 0.2) is 36.4 Å². The molecule has 0 aliphatic heterocycles. The highest BCUT2D eigenvalue weighted by Gasteiger charge is 2.17. The van der Waals surface area contributed by atoms with Gasteiger partial charge in [-0.2, -0.15) is 0 Å². The van der Waals surface area contributed by atoms with Gasteiger partial charge in [-0.3, -0.25) is 40.9 Å². The number of rotatable bonds is 18. The number of phenolic OH excluding ortho intramolecular Hbond substituents is 2. The molecule has 0 spiro atoms. The number of carbonyl (C=O) groups is 4. The molecular formula is C34H50N4O6. The van der Waals surface area contributed by atoms with Crippen molar-refractivity contribution in [2.24, 2.45) is 5.92 Å². The fourth-order valence-electron chi connectivity index (χ4n) is 4.74. The van der Waals surface area contributed by atoms with Crippen molar-refractivity contribution in [3.63, 3.8) is 0 Å². The minimum Gasteiger partial charge on any atom is -0.507 e. The molecule has 0 aliphatic carbocycles. The molecule has 0 fully saturated rings. The quantitative estimate of drug-likeness (QED) is 0.0930. The summed E-state index contributed by atoms with van der Waals surface area (Å²) in [4.78, 5) is 49.4. The number of carbonyl (C=O) groups excluding carboxylic acids is 4. The molecule has 0 bridgehead atoms. The van der Waals surface area contributed by atoms with Gasteiger partial charge in [0, 0.05) is 12.3 Å². The van der Waals surface area contributed by atoms with Crippen molar-refractivity contribution in [1.29, 1.82) is 0 Å². The summed E-state index contributed by atoms with van der Waals surface area (Å²) in [5.74, 6) is -2.20. The Hall–Kier alpha value is -4.08. The molecule has 10 heteroatoms. The van der Waals surface area contributed by atoms with Crippen LogP contribution in [0, 0.1) is 5.92 Å². The van der Waals surface area contributed by atoms with Gasteiger partial charge in [0.2, 0.25) is 11.8 Å².